The van der Waals surface area contributed by atoms with Crippen LogP contribution in [0.3, 0.4) is 0 Å². The lowest BCUT2D eigenvalue weighted by Crippen LogP contribution is -1.89. The SMILES string of the molecule is c1ccc(-c2cccc(-c3sc(-c4c(-c5ccccc5)cccc4-c4ccc5oc6ccccc6c5c4)c4ccccc34)c2)cc1. The average molecular weight is 605 g/mol. The first-order chi connectivity index (χ1) is 22.8. The van der Waals surface area contributed by atoms with Gasteiger partial charge in [-0.3, -0.25) is 0 Å². The summed E-state index contributed by atoms with van der Waals surface area (Å²) in [6, 6.07) is 60.9. The third-order valence-electron chi connectivity index (χ3n) is 8.92. The lowest BCUT2D eigenvalue weighted by atomic mass is 9.89. The molecule has 0 fully saturated rings. The van der Waals surface area contributed by atoms with Crippen molar-refractivity contribution in [1.29, 1.82) is 0 Å². The van der Waals surface area contributed by atoms with E-state index in [0.29, 0.717) is 0 Å². The second kappa shape index (κ2) is 11.0. The van der Waals surface area contributed by atoms with E-state index in [0.717, 1.165) is 21.9 Å². The molecule has 0 unspecified atom stereocenters. The molecule has 0 bridgehead atoms. The lowest BCUT2D eigenvalue weighted by molar-refractivity contribution is 0.669. The molecule has 1 nitrogen and oxygen atoms in total. The Morgan fingerprint density at radius 3 is 1.67 bits per heavy atom. The highest BCUT2D eigenvalue weighted by Gasteiger charge is 2.21. The number of fused-ring (bicyclic) bond motifs is 4. The maximum atomic E-state index is 6.20. The highest BCUT2D eigenvalue weighted by molar-refractivity contribution is 7.21. The molecule has 9 aromatic rings. The van der Waals surface area contributed by atoms with Crippen LogP contribution in [0, 0.1) is 0 Å². The zero-order chi connectivity index (χ0) is 30.5. The molecule has 2 heteroatoms. The molecule has 0 aliphatic rings. The Morgan fingerprint density at radius 1 is 0.326 bits per heavy atom. The van der Waals surface area contributed by atoms with E-state index in [9.17, 15) is 0 Å². The second-order valence-corrected chi connectivity index (χ2v) is 12.7. The van der Waals surface area contributed by atoms with Crippen molar-refractivity contribution in [3.63, 3.8) is 0 Å². The summed E-state index contributed by atoms with van der Waals surface area (Å²) in [6.45, 7) is 0. The van der Waals surface area contributed by atoms with Gasteiger partial charge in [0.05, 0.1) is 0 Å². The molecule has 9 rings (SSSR count). The third kappa shape index (κ3) is 4.46. The molecule has 2 heterocycles. The molecule has 0 saturated heterocycles. The fraction of sp³-hybridized carbons (Fsp3) is 0. The van der Waals surface area contributed by atoms with E-state index in [1.54, 1.807) is 0 Å². The molecule has 0 aliphatic heterocycles. The van der Waals surface area contributed by atoms with Gasteiger partial charge in [-0.15, -0.1) is 11.3 Å². The number of para-hydroxylation sites is 1. The van der Waals surface area contributed by atoms with Gasteiger partial charge in [-0.2, -0.15) is 0 Å². The van der Waals surface area contributed by atoms with Gasteiger partial charge in [-0.05, 0) is 63.2 Å². The molecular formula is C44H28OS. The van der Waals surface area contributed by atoms with E-state index >= 15 is 0 Å². The smallest absolute Gasteiger partial charge is 0.135 e. The highest BCUT2D eigenvalue weighted by atomic mass is 32.1. The third-order valence-corrected chi connectivity index (χ3v) is 10.2. The van der Waals surface area contributed by atoms with Crippen molar-refractivity contribution in [2.24, 2.45) is 0 Å². The van der Waals surface area contributed by atoms with Gasteiger partial charge in [0.2, 0.25) is 0 Å². The molecular weight excluding hydrogens is 577 g/mol. The molecule has 46 heavy (non-hydrogen) atoms. The molecule has 7 aromatic carbocycles. The number of rotatable bonds is 5. The number of hydrogen-bond acceptors (Lipinski definition) is 2. The fourth-order valence-corrected chi connectivity index (χ4v) is 8.10. The summed E-state index contributed by atoms with van der Waals surface area (Å²) in [5, 5.41) is 4.82. The van der Waals surface area contributed by atoms with Gasteiger partial charge in [-0.25, -0.2) is 0 Å². The van der Waals surface area contributed by atoms with Crippen LogP contribution in [0.4, 0.5) is 0 Å². The van der Waals surface area contributed by atoms with Gasteiger partial charge in [0.15, 0.2) is 0 Å². The van der Waals surface area contributed by atoms with Crippen molar-refractivity contribution >= 4 is 44.0 Å². The molecule has 0 atom stereocenters. The van der Waals surface area contributed by atoms with Crippen LogP contribution in [0.2, 0.25) is 0 Å². The van der Waals surface area contributed by atoms with Crippen LogP contribution >= 0.6 is 11.3 Å². The zero-order valence-corrected chi connectivity index (χ0v) is 25.8. The Labute approximate surface area is 271 Å². The Kier molecular flexibility index (Phi) is 6.40. The molecule has 216 valence electrons. The Hall–Kier alpha value is -5.70. The van der Waals surface area contributed by atoms with E-state index in [4.69, 9.17) is 4.42 Å². The Bertz CT molecular complexity index is 2520. The van der Waals surface area contributed by atoms with Gasteiger partial charge in [-0.1, -0.05) is 146 Å². The van der Waals surface area contributed by atoms with Crippen LogP contribution in [0.5, 0.6) is 0 Å². The van der Waals surface area contributed by atoms with Gasteiger partial charge < -0.3 is 4.42 Å². The minimum atomic E-state index is 0.910. The summed E-state index contributed by atoms with van der Waals surface area (Å²) in [5.74, 6) is 0. The van der Waals surface area contributed by atoms with E-state index in [2.05, 4.69) is 158 Å². The first-order valence-corrected chi connectivity index (χ1v) is 16.4. The number of furan rings is 1. The second-order valence-electron chi connectivity index (χ2n) is 11.7. The summed E-state index contributed by atoms with van der Waals surface area (Å²) in [6.07, 6.45) is 0. The normalized spacial score (nSPS) is 11.5. The van der Waals surface area contributed by atoms with E-state index < -0.39 is 0 Å². The predicted octanol–water partition coefficient (Wildman–Crippen LogP) is 13.1. The Balaban J connectivity index is 1.31. The summed E-state index contributed by atoms with van der Waals surface area (Å²) in [4.78, 5) is 2.57. The first-order valence-electron chi connectivity index (χ1n) is 15.6. The predicted molar refractivity (Wildman–Crippen MR) is 196 cm³/mol. The largest absolute Gasteiger partial charge is 0.456 e. The zero-order valence-electron chi connectivity index (χ0n) is 25.0. The van der Waals surface area contributed by atoms with E-state index in [1.165, 1.54) is 65.0 Å². The fourth-order valence-electron chi connectivity index (χ4n) is 6.75. The quantitative estimate of drug-likeness (QED) is 0.190. The van der Waals surface area contributed by atoms with Gasteiger partial charge in [0.25, 0.3) is 0 Å². The summed E-state index contributed by atoms with van der Waals surface area (Å²) >= 11 is 1.89. The summed E-state index contributed by atoms with van der Waals surface area (Å²) < 4.78 is 6.20. The minimum Gasteiger partial charge on any atom is -0.456 e. The lowest BCUT2D eigenvalue weighted by Gasteiger charge is -2.16. The van der Waals surface area contributed by atoms with Gasteiger partial charge in [0.1, 0.15) is 11.2 Å². The van der Waals surface area contributed by atoms with Crippen LogP contribution in [-0.4, -0.2) is 0 Å². The molecule has 0 radical (unpaired) electrons. The van der Waals surface area contributed by atoms with Crippen molar-refractivity contribution in [2.75, 3.05) is 0 Å². The molecule has 0 amide bonds. The summed E-state index contributed by atoms with van der Waals surface area (Å²) in [5.41, 5.74) is 11.6. The van der Waals surface area contributed by atoms with Crippen molar-refractivity contribution in [3.8, 4) is 54.3 Å². The standard InChI is InChI=1S/C44H28OS/c1-3-13-29(14-4-1)31-17-11-18-33(27-31)43-37-20-7-8-21-38(37)44(46-43)42-34(30-15-5-2-6-16-30)22-12-23-35(42)32-25-26-41-39(28-32)36-19-9-10-24-40(36)45-41/h1-28H. The van der Waals surface area contributed by atoms with Crippen LogP contribution in [-0.2, 0) is 0 Å². The van der Waals surface area contributed by atoms with Crippen molar-refractivity contribution in [3.05, 3.63) is 170 Å². The molecule has 0 aliphatic carbocycles. The van der Waals surface area contributed by atoms with Crippen LogP contribution in [0.1, 0.15) is 0 Å². The van der Waals surface area contributed by atoms with Crippen molar-refractivity contribution < 1.29 is 4.42 Å². The highest BCUT2D eigenvalue weighted by Crippen LogP contribution is 2.50. The summed E-state index contributed by atoms with van der Waals surface area (Å²) in [7, 11) is 0. The van der Waals surface area contributed by atoms with Gasteiger partial charge in [0, 0.05) is 36.9 Å². The molecule has 0 spiro atoms. The monoisotopic (exact) mass is 604 g/mol. The average Bonchev–Trinajstić information content (AvgIpc) is 3.71. The number of benzene rings is 7. The molecule has 2 aromatic heterocycles. The van der Waals surface area contributed by atoms with Crippen LogP contribution in [0.15, 0.2) is 174 Å². The topological polar surface area (TPSA) is 13.1 Å². The Morgan fingerprint density at radius 2 is 0.891 bits per heavy atom. The molecule has 0 N–H and O–H groups in total. The van der Waals surface area contributed by atoms with Crippen molar-refractivity contribution in [2.45, 2.75) is 0 Å². The first kappa shape index (κ1) is 26.7. The van der Waals surface area contributed by atoms with Gasteiger partial charge >= 0.3 is 0 Å². The maximum Gasteiger partial charge on any atom is 0.135 e. The van der Waals surface area contributed by atoms with E-state index in [-0.39, 0.29) is 0 Å². The van der Waals surface area contributed by atoms with E-state index in [1.807, 2.05) is 23.5 Å². The maximum absolute atomic E-state index is 6.20. The van der Waals surface area contributed by atoms with Crippen molar-refractivity contribution in [1.82, 2.24) is 0 Å². The number of thiophene rings is 1. The minimum absolute atomic E-state index is 0.910. The van der Waals surface area contributed by atoms with Crippen LogP contribution in [0.25, 0.3) is 87.0 Å². The van der Waals surface area contributed by atoms with Crippen LogP contribution < -0.4 is 0 Å². The molecule has 0 saturated carbocycles. The number of hydrogen-bond donors (Lipinski definition) is 0.